The molecule has 0 bridgehead atoms. The van der Waals surface area contributed by atoms with Gasteiger partial charge in [-0.15, -0.1) is 0 Å². The molecule has 1 fully saturated rings. The van der Waals surface area contributed by atoms with E-state index in [0.29, 0.717) is 34.5 Å². The molecule has 2 N–H and O–H groups in total. The number of nitrogens with zero attached hydrogens (tertiary/aromatic N) is 1. The summed E-state index contributed by atoms with van der Waals surface area (Å²) in [4.78, 5) is 2.49. The van der Waals surface area contributed by atoms with Crippen LogP contribution in [-0.4, -0.2) is 40.9 Å². The first-order valence-electron chi connectivity index (χ1n) is 12.9. The summed E-state index contributed by atoms with van der Waals surface area (Å²) in [6.07, 6.45) is 0.803. The topological polar surface area (TPSA) is 62.2 Å². The average Bonchev–Trinajstić information content (AvgIpc) is 3.32. The lowest BCUT2D eigenvalue weighted by atomic mass is 9.85. The molecule has 2 heterocycles. The highest BCUT2D eigenvalue weighted by molar-refractivity contribution is 6.33. The number of halogens is 1. The van der Waals surface area contributed by atoms with Crippen LogP contribution in [0.2, 0.25) is 5.02 Å². The normalized spacial score (nSPS) is 20.5. The van der Waals surface area contributed by atoms with E-state index in [1.807, 2.05) is 38.1 Å². The number of aryl methyl sites for hydroxylation is 1. The summed E-state index contributed by atoms with van der Waals surface area (Å²) in [5, 5.41) is 21.1. The fourth-order valence-corrected chi connectivity index (χ4v) is 5.64. The standard InChI is InChI=1S/C31H34ClNO4/c1-18-11-12-33(16-18)20(3)17-36-24-8-5-22(6-9-24)31-30(26-15-28(35)19(2)13-27(26)32)21(4)25-14-23(34)7-10-29(25)37-31/h5-10,13-15,18,20,31,34-35H,11-12,16-17H2,1-4H3/t18-,20+,31?/m1/s1. The molecular weight excluding hydrogens is 486 g/mol. The molecule has 0 radical (unpaired) electrons. The number of hydrogen-bond donors (Lipinski definition) is 2. The SMILES string of the molecule is CC1=C(c2cc(O)c(C)cc2Cl)C(c2ccc(OC[C@H](C)N3CC[C@@H](C)C3)cc2)Oc2ccc(O)cc21. The Kier molecular flexibility index (Phi) is 7.11. The quantitative estimate of drug-likeness (QED) is 0.359. The van der Waals surface area contributed by atoms with Gasteiger partial charge < -0.3 is 19.7 Å². The van der Waals surface area contributed by atoms with E-state index in [9.17, 15) is 10.2 Å². The number of likely N-dealkylation sites (tertiary alicyclic amines) is 1. The van der Waals surface area contributed by atoms with Gasteiger partial charge in [-0.2, -0.15) is 0 Å². The number of fused-ring (bicyclic) bond motifs is 1. The van der Waals surface area contributed by atoms with Crippen molar-refractivity contribution in [1.29, 1.82) is 0 Å². The molecule has 194 valence electrons. The minimum absolute atomic E-state index is 0.163. The van der Waals surface area contributed by atoms with Gasteiger partial charge in [-0.25, -0.2) is 0 Å². The number of benzene rings is 3. The summed E-state index contributed by atoms with van der Waals surface area (Å²) in [6, 6.07) is 16.9. The van der Waals surface area contributed by atoms with E-state index in [4.69, 9.17) is 21.1 Å². The number of allylic oxidation sites excluding steroid dienone is 1. The van der Waals surface area contributed by atoms with E-state index < -0.39 is 6.10 Å². The number of phenolic OH excluding ortho intramolecular Hbond substituents is 2. The highest BCUT2D eigenvalue weighted by Gasteiger charge is 2.31. The van der Waals surface area contributed by atoms with Crippen molar-refractivity contribution in [2.45, 2.75) is 46.3 Å². The molecule has 5 nitrogen and oxygen atoms in total. The van der Waals surface area contributed by atoms with Gasteiger partial charge in [-0.1, -0.05) is 30.7 Å². The zero-order valence-corrected chi connectivity index (χ0v) is 22.5. The molecule has 0 aromatic heterocycles. The number of phenols is 2. The smallest absolute Gasteiger partial charge is 0.150 e. The van der Waals surface area contributed by atoms with Crippen LogP contribution in [0.3, 0.4) is 0 Å². The van der Waals surface area contributed by atoms with Gasteiger partial charge in [0, 0.05) is 34.3 Å². The first-order chi connectivity index (χ1) is 17.7. The van der Waals surface area contributed by atoms with Gasteiger partial charge in [-0.3, -0.25) is 4.90 Å². The minimum Gasteiger partial charge on any atom is -0.508 e. The molecule has 6 heteroatoms. The molecule has 3 atom stereocenters. The van der Waals surface area contributed by atoms with Crippen molar-refractivity contribution >= 4 is 22.7 Å². The van der Waals surface area contributed by atoms with E-state index in [2.05, 4.69) is 18.7 Å². The average molecular weight is 520 g/mol. The molecule has 3 aromatic rings. The summed E-state index contributed by atoms with van der Waals surface area (Å²) in [5.74, 6) is 2.59. The van der Waals surface area contributed by atoms with Crippen molar-refractivity contribution in [2.75, 3.05) is 19.7 Å². The molecule has 37 heavy (non-hydrogen) atoms. The van der Waals surface area contributed by atoms with Crippen molar-refractivity contribution in [3.8, 4) is 23.0 Å². The zero-order valence-electron chi connectivity index (χ0n) is 21.8. The first-order valence-corrected chi connectivity index (χ1v) is 13.3. The second-order valence-corrected chi connectivity index (χ2v) is 10.9. The van der Waals surface area contributed by atoms with Crippen LogP contribution in [0.5, 0.6) is 23.0 Å². The van der Waals surface area contributed by atoms with Crippen LogP contribution < -0.4 is 9.47 Å². The summed E-state index contributed by atoms with van der Waals surface area (Å²) >= 11 is 6.70. The Hall–Kier alpha value is -3.15. The minimum atomic E-state index is -0.448. The second kappa shape index (κ2) is 10.3. The largest absolute Gasteiger partial charge is 0.508 e. The van der Waals surface area contributed by atoms with E-state index in [1.54, 1.807) is 30.3 Å². The Balaban J connectivity index is 1.45. The van der Waals surface area contributed by atoms with Gasteiger partial charge in [0.1, 0.15) is 35.7 Å². The van der Waals surface area contributed by atoms with Crippen molar-refractivity contribution < 1.29 is 19.7 Å². The molecule has 1 unspecified atom stereocenters. The van der Waals surface area contributed by atoms with E-state index in [0.717, 1.165) is 47.0 Å². The number of ether oxygens (including phenoxy) is 2. The van der Waals surface area contributed by atoms with Crippen LogP contribution in [0.15, 0.2) is 54.6 Å². The summed E-state index contributed by atoms with van der Waals surface area (Å²) in [6.45, 7) is 11.2. The fourth-order valence-electron chi connectivity index (χ4n) is 5.32. The molecule has 2 aliphatic heterocycles. The second-order valence-electron chi connectivity index (χ2n) is 10.5. The lowest BCUT2D eigenvalue weighted by Crippen LogP contribution is -2.35. The van der Waals surface area contributed by atoms with Crippen LogP contribution in [-0.2, 0) is 0 Å². The van der Waals surface area contributed by atoms with Crippen LogP contribution in [0.4, 0.5) is 0 Å². The monoisotopic (exact) mass is 519 g/mol. The zero-order chi connectivity index (χ0) is 26.3. The number of aromatic hydroxyl groups is 2. The Bertz CT molecular complexity index is 1330. The molecule has 1 saturated heterocycles. The fraction of sp³-hybridized carbons (Fsp3) is 0.355. The van der Waals surface area contributed by atoms with Crippen molar-refractivity contribution in [1.82, 2.24) is 4.90 Å². The van der Waals surface area contributed by atoms with Crippen molar-refractivity contribution in [3.63, 3.8) is 0 Å². The van der Waals surface area contributed by atoms with Gasteiger partial charge in [0.05, 0.1) is 0 Å². The van der Waals surface area contributed by atoms with Crippen LogP contribution in [0, 0.1) is 12.8 Å². The number of rotatable bonds is 6. The highest BCUT2D eigenvalue weighted by Crippen LogP contribution is 2.49. The van der Waals surface area contributed by atoms with Crippen LogP contribution >= 0.6 is 11.6 Å². The van der Waals surface area contributed by atoms with E-state index >= 15 is 0 Å². The van der Waals surface area contributed by atoms with E-state index in [-0.39, 0.29) is 11.5 Å². The maximum Gasteiger partial charge on any atom is 0.150 e. The lowest BCUT2D eigenvalue weighted by Gasteiger charge is -2.31. The summed E-state index contributed by atoms with van der Waals surface area (Å²) in [7, 11) is 0. The van der Waals surface area contributed by atoms with Crippen molar-refractivity contribution in [2.24, 2.45) is 5.92 Å². The van der Waals surface area contributed by atoms with Gasteiger partial charge in [0.25, 0.3) is 0 Å². The summed E-state index contributed by atoms with van der Waals surface area (Å²) in [5.41, 5.74) is 4.93. The van der Waals surface area contributed by atoms with Gasteiger partial charge in [-0.05, 0) is 98.8 Å². The third kappa shape index (κ3) is 5.16. The Labute approximate surface area is 223 Å². The maximum absolute atomic E-state index is 10.5. The number of hydrogen-bond acceptors (Lipinski definition) is 5. The van der Waals surface area contributed by atoms with Crippen LogP contribution in [0.25, 0.3) is 11.1 Å². The molecule has 5 rings (SSSR count). The predicted octanol–water partition coefficient (Wildman–Crippen LogP) is 7.23. The van der Waals surface area contributed by atoms with E-state index in [1.165, 1.54) is 6.42 Å². The molecule has 0 aliphatic carbocycles. The van der Waals surface area contributed by atoms with Crippen LogP contribution in [0.1, 0.15) is 55.5 Å². The van der Waals surface area contributed by atoms with Gasteiger partial charge in [0.2, 0.25) is 0 Å². The molecule has 2 aliphatic rings. The van der Waals surface area contributed by atoms with Crippen molar-refractivity contribution in [3.05, 3.63) is 81.9 Å². The predicted molar refractivity (Wildman–Crippen MR) is 149 cm³/mol. The first kappa shape index (κ1) is 25.5. The van der Waals surface area contributed by atoms with Gasteiger partial charge in [0.15, 0.2) is 0 Å². The summed E-state index contributed by atoms with van der Waals surface area (Å²) < 4.78 is 12.6. The third-order valence-corrected chi connectivity index (χ3v) is 7.92. The molecule has 0 spiro atoms. The maximum atomic E-state index is 10.5. The molecule has 0 saturated carbocycles. The molecule has 3 aromatic carbocycles. The molecular formula is C31H34ClNO4. The third-order valence-electron chi connectivity index (χ3n) is 7.61. The Morgan fingerprint density at radius 3 is 2.51 bits per heavy atom. The lowest BCUT2D eigenvalue weighted by molar-refractivity contribution is 0.169. The highest BCUT2D eigenvalue weighted by atomic mass is 35.5. The van der Waals surface area contributed by atoms with Gasteiger partial charge >= 0.3 is 0 Å². The molecule has 0 amide bonds. The Morgan fingerprint density at radius 2 is 1.81 bits per heavy atom. The Morgan fingerprint density at radius 1 is 1.05 bits per heavy atom.